The van der Waals surface area contributed by atoms with Gasteiger partial charge in [0.2, 0.25) is 11.8 Å². The minimum Gasteiger partial charge on any atom is -0.493 e. The molecule has 0 saturated carbocycles. The number of hydrogen-bond donors (Lipinski definition) is 1. The van der Waals surface area contributed by atoms with E-state index in [2.05, 4.69) is 5.32 Å². The lowest BCUT2D eigenvalue weighted by atomic mass is 10.0. The van der Waals surface area contributed by atoms with Gasteiger partial charge in [0.25, 0.3) is 0 Å². The molecule has 190 valence electrons. The first-order valence-electron chi connectivity index (χ1n) is 12.4. The monoisotopic (exact) mass is 488 g/mol. The zero-order chi connectivity index (χ0) is 25.8. The number of amides is 2. The van der Waals surface area contributed by atoms with Gasteiger partial charge >= 0.3 is 0 Å². The average Bonchev–Trinajstić information content (AvgIpc) is 2.91. The maximum atomic E-state index is 13.6. The second-order valence-corrected chi connectivity index (χ2v) is 8.69. The molecule has 3 aromatic carbocycles. The van der Waals surface area contributed by atoms with E-state index >= 15 is 0 Å². The number of carbonyl (C=O) groups excluding carboxylic acids is 2. The zero-order valence-corrected chi connectivity index (χ0v) is 21.4. The van der Waals surface area contributed by atoms with Gasteiger partial charge in [0, 0.05) is 25.9 Å². The maximum Gasteiger partial charge on any atom is 0.243 e. The number of ether oxygens (including phenoxy) is 2. The van der Waals surface area contributed by atoms with Gasteiger partial charge < -0.3 is 19.7 Å². The van der Waals surface area contributed by atoms with Crippen LogP contribution in [-0.2, 0) is 29.0 Å². The van der Waals surface area contributed by atoms with Crippen LogP contribution in [0.2, 0.25) is 0 Å². The zero-order valence-electron chi connectivity index (χ0n) is 21.4. The molecule has 0 aliphatic heterocycles. The van der Waals surface area contributed by atoms with Crippen LogP contribution in [0.15, 0.2) is 78.9 Å². The molecule has 2 amide bonds. The lowest BCUT2D eigenvalue weighted by Gasteiger charge is -2.31. The Balaban J connectivity index is 1.78. The van der Waals surface area contributed by atoms with Gasteiger partial charge in [-0.2, -0.15) is 0 Å². The first-order chi connectivity index (χ1) is 17.5. The fourth-order valence-corrected chi connectivity index (χ4v) is 4.18. The van der Waals surface area contributed by atoms with Crippen LogP contribution in [0.25, 0.3) is 0 Å². The number of methoxy groups -OCH3 is 2. The molecule has 0 heterocycles. The highest BCUT2D eigenvalue weighted by Crippen LogP contribution is 2.27. The molecule has 36 heavy (non-hydrogen) atoms. The third kappa shape index (κ3) is 7.60. The van der Waals surface area contributed by atoms with Crippen molar-refractivity contribution < 1.29 is 19.1 Å². The van der Waals surface area contributed by atoms with Crippen molar-refractivity contribution in [3.05, 3.63) is 95.6 Å². The van der Waals surface area contributed by atoms with Crippen molar-refractivity contribution in [1.29, 1.82) is 0 Å². The van der Waals surface area contributed by atoms with Crippen molar-refractivity contribution in [2.24, 2.45) is 0 Å². The van der Waals surface area contributed by atoms with Gasteiger partial charge in [0.15, 0.2) is 11.5 Å². The summed E-state index contributed by atoms with van der Waals surface area (Å²) < 4.78 is 10.7. The fourth-order valence-electron chi connectivity index (χ4n) is 4.18. The first-order valence-corrected chi connectivity index (χ1v) is 12.4. The summed E-state index contributed by atoms with van der Waals surface area (Å²) >= 11 is 0. The number of carbonyl (C=O) groups is 2. The van der Waals surface area contributed by atoms with Crippen LogP contribution in [0.1, 0.15) is 36.5 Å². The highest BCUT2D eigenvalue weighted by Gasteiger charge is 2.29. The first kappa shape index (κ1) is 26.8. The SMILES string of the molecule is CCCC(=O)N(Cc1ccccc1)[C@H](Cc1ccccc1)C(=O)NCCc1ccc(OC)c(OC)c1. The lowest BCUT2D eigenvalue weighted by molar-refractivity contribution is -0.141. The van der Waals surface area contributed by atoms with Crippen LogP contribution in [0.5, 0.6) is 11.5 Å². The van der Waals surface area contributed by atoms with Crippen molar-refractivity contribution in [1.82, 2.24) is 10.2 Å². The number of nitrogens with zero attached hydrogens (tertiary/aromatic N) is 1. The second kappa shape index (κ2) is 13.9. The van der Waals surface area contributed by atoms with Crippen molar-refractivity contribution in [2.45, 2.75) is 45.2 Å². The van der Waals surface area contributed by atoms with Gasteiger partial charge in [0.05, 0.1) is 14.2 Å². The summed E-state index contributed by atoms with van der Waals surface area (Å²) in [5.74, 6) is 1.15. The molecule has 0 aliphatic rings. The van der Waals surface area contributed by atoms with Crippen LogP contribution < -0.4 is 14.8 Å². The Kier molecular flexibility index (Phi) is 10.4. The van der Waals surface area contributed by atoms with E-state index in [9.17, 15) is 9.59 Å². The van der Waals surface area contributed by atoms with E-state index in [1.807, 2.05) is 85.8 Å². The molecule has 0 fully saturated rings. The molecule has 0 unspecified atom stereocenters. The Bertz CT molecular complexity index is 1100. The van der Waals surface area contributed by atoms with Crippen LogP contribution in [0.3, 0.4) is 0 Å². The van der Waals surface area contributed by atoms with E-state index in [-0.39, 0.29) is 11.8 Å². The molecule has 1 atom stereocenters. The predicted molar refractivity (Wildman–Crippen MR) is 142 cm³/mol. The minimum atomic E-state index is -0.614. The molecule has 0 saturated heterocycles. The molecule has 0 bridgehead atoms. The summed E-state index contributed by atoms with van der Waals surface area (Å²) in [6.07, 6.45) is 2.21. The van der Waals surface area contributed by atoms with Gasteiger partial charge in [-0.1, -0.05) is 73.7 Å². The molecule has 6 heteroatoms. The summed E-state index contributed by atoms with van der Waals surface area (Å²) in [6.45, 7) is 2.81. The molecule has 3 aromatic rings. The molecule has 3 rings (SSSR count). The van der Waals surface area contributed by atoms with Crippen molar-refractivity contribution in [2.75, 3.05) is 20.8 Å². The molecule has 6 nitrogen and oxygen atoms in total. The summed E-state index contributed by atoms with van der Waals surface area (Å²) in [6, 6.07) is 24.8. The summed E-state index contributed by atoms with van der Waals surface area (Å²) in [7, 11) is 3.21. The van der Waals surface area contributed by atoms with Crippen molar-refractivity contribution in [3.63, 3.8) is 0 Å². The van der Waals surface area contributed by atoms with Crippen molar-refractivity contribution >= 4 is 11.8 Å². The molecule has 0 aliphatic carbocycles. The Labute approximate surface area is 214 Å². The smallest absolute Gasteiger partial charge is 0.243 e. The predicted octanol–water partition coefficient (Wildman–Crippen LogP) is 4.80. The minimum absolute atomic E-state index is 0.0164. The quantitative estimate of drug-likeness (QED) is 0.375. The standard InChI is InChI=1S/C30H36N2O4/c1-4-11-29(33)32(22-25-14-9-6-10-15-25)26(20-23-12-7-5-8-13-23)30(34)31-19-18-24-16-17-27(35-2)28(21-24)36-3/h5-10,12-17,21,26H,4,11,18-20,22H2,1-3H3,(H,31,34)/t26-/m1/s1. The maximum absolute atomic E-state index is 13.6. The average molecular weight is 489 g/mol. The van der Waals surface area contributed by atoms with E-state index in [4.69, 9.17) is 9.47 Å². The number of hydrogen-bond acceptors (Lipinski definition) is 4. The molecule has 0 spiro atoms. The van der Waals surface area contributed by atoms with Gasteiger partial charge in [-0.3, -0.25) is 9.59 Å². The second-order valence-electron chi connectivity index (χ2n) is 8.69. The van der Waals surface area contributed by atoms with E-state index in [1.165, 1.54) is 0 Å². The third-order valence-electron chi connectivity index (χ3n) is 6.09. The van der Waals surface area contributed by atoms with Gasteiger partial charge in [-0.15, -0.1) is 0 Å². The Morgan fingerprint density at radius 2 is 1.47 bits per heavy atom. The molecular weight excluding hydrogens is 452 g/mol. The fraction of sp³-hybridized carbons (Fsp3) is 0.333. The van der Waals surface area contributed by atoms with Crippen LogP contribution >= 0.6 is 0 Å². The van der Waals surface area contributed by atoms with Crippen LogP contribution in [0, 0.1) is 0 Å². The molecule has 0 aromatic heterocycles. The lowest BCUT2D eigenvalue weighted by Crippen LogP contribution is -2.50. The summed E-state index contributed by atoms with van der Waals surface area (Å²) in [5, 5.41) is 3.08. The van der Waals surface area contributed by atoms with E-state index in [0.29, 0.717) is 43.9 Å². The Morgan fingerprint density at radius 3 is 2.08 bits per heavy atom. The topological polar surface area (TPSA) is 67.9 Å². The third-order valence-corrected chi connectivity index (χ3v) is 6.09. The summed E-state index contributed by atoms with van der Waals surface area (Å²) in [5.41, 5.74) is 3.04. The van der Waals surface area contributed by atoms with Crippen LogP contribution in [0.4, 0.5) is 0 Å². The van der Waals surface area contributed by atoms with Gasteiger partial charge in [0.1, 0.15) is 6.04 Å². The van der Waals surface area contributed by atoms with E-state index in [0.717, 1.165) is 23.1 Å². The van der Waals surface area contributed by atoms with Gasteiger partial charge in [-0.05, 0) is 41.7 Å². The highest BCUT2D eigenvalue weighted by molar-refractivity contribution is 5.88. The van der Waals surface area contributed by atoms with E-state index < -0.39 is 6.04 Å². The normalized spacial score (nSPS) is 11.4. The number of nitrogens with one attached hydrogen (secondary N) is 1. The van der Waals surface area contributed by atoms with E-state index in [1.54, 1.807) is 19.1 Å². The molecule has 1 N–H and O–H groups in total. The Hall–Kier alpha value is -3.80. The van der Waals surface area contributed by atoms with Crippen molar-refractivity contribution in [3.8, 4) is 11.5 Å². The molecule has 0 radical (unpaired) electrons. The Morgan fingerprint density at radius 1 is 0.833 bits per heavy atom. The summed E-state index contributed by atoms with van der Waals surface area (Å²) in [4.78, 5) is 28.5. The largest absolute Gasteiger partial charge is 0.493 e. The number of benzene rings is 3. The highest BCUT2D eigenvalue weighted by atomic mass is 16.5. The number of rotatable bonds is 13. The van der Waals surface area contributed by atoms with Gasteiger partial charge in [-0.25, -0.2) is 0 Å². The molecular formula is C30H36N2O4. The van der Waals surface area contributed by atoms with Crippen LogP contribution in [-0.4, -0.2) is 43.5 Å².